The molecule has 2 aromatic rings. The van der Waals surface area contributed by atoms with Crippen LogP contribution in [0.15, 0.2) is 60.2 Å². The van der Waals surface area contributed by atoms with E-state index in [-0.39, 0.29) is 33.0 Å². The topological polar surface area (TPSA) is 0 Å². The Labute approximate surface area is 223 Å². The minimum atomic E-state index is -0.470. The molecule has 0 spiro atoms. The average molecular weight is 562 g/mol. The predicted octanol–water partition coefficient (Wildman–Crippen LogP) is 8.57. The fourth-order valence-corrected chi connectivity index (χ4v) is 15.3. The zero-order valence-electron chi connectivity index (χ0n) is 22.6. The molecule has 0 aliphatic rings. The number of hydrogen-bond acceptors (Lipinski definition) is 0. The van der Waals surface area contributed by atoms with Crippen LogP contribution in [0.1, 0.15) is 83.1 Å². The van der Waals surface area contributed by atoms with Crippen LogP contribution in [-0.2, 0) is 33.0 Å². The molecule has 0 bridgehead atoms. The van der Waals surface area contributed by atoms with Crippen LogP contribution in [-0.4, -0.2) is 32.8 Å². The minimum Gasteiger partial charge on any atom is -0.218 e. The molecule has 2 rings (SSSR count). The normalized spacial score (nSPS) is 12.4. The van der Waals surface area contributed by atoms with Crippen molar-refractivity contribution in [2.24, 2.45) is 0 Å². The first-order chi connectivity index (χ1) is 13.5. The van der Waals surface area contributed by atoms with Gasteiger partial charge in [-0.15, -0.1) is 24.3 Å². The molecule has 0 atom stereocenters. The number of rotatable bonds is 2. The van der Waals surface area contributed by atoms with E-state index in [1.165, 1.54) is 0 Å². The molecule has 0 aliphatic heterocycles. The van der Waals surface area contributed by atoms with Crippen LogP contribution in [0.3, 0.4) is 0 Å². The Morgan fingerprint density at radius 1 is 0.375 bits per heavy atom. The van der Waals surface area contributed by atoms with Crippen molar-refractivity contribution < 1.29 is 33.0 Å². The van der Waals surface area contributed by atoms with Crippen molar-refractivity contribution >= 4 is 27.7 Å². The monoisotopic (exact) mass is 560 g/mol. The predicted molar refractivity (Wildman–Crippen MR) is 151 cm³/mol. The summed E-state index contributed by atoms with van der Waals surface area (Å²) >= 11 is 0. The first kappa shape index (κ1) is 34.8. The molecular formula is C26H48B2Ni2P2. The van der Waals surface area contributed by atoms with E-state index >= 15 is 0 Å². The summed E-state index contributed by atoms with van der Waals surface area (Å²) in [5, 5.41) is 1.78. The summed E-state index contributed by atoms with van der Waals surface area (Å²) in [6.07, 6.45) is 0. The molecule has 0 fully saturated rings. The molecular weight excluding hydrogens is 513 g/mol. The Morgan fingerprint density at radius 2 is 0.562 bits per heavy atom. The summed E-state index contributed by atoms with van der Waals surface area (Å²) in [4.78, 5) is 0. The van der Waals surface area contributed by atoms with Gasteiger partial charge >= 0.3 is 0 Å². The molecule has 0 unspecified atom stereocenters. The second-order valence-electron chi connectivity index (χ2n) is 12.8. The van der Waals surface area contributed by atoms with E-state index in [0.29, 0.717) is 32.8 Å². The van der Waals surface area contributed by atoms with E-state index in [2.05, 4.69) is 143 Å². The summed E-state index contributed by atoms with van der Waals surface area (Å²) in [6.45, 7) is 28.7. The van der Waals surface area contributed by atoms with E-state index in [1.807, 2.05) is 0 Å². The molecule has 32 heavy (non-hydrogen) atoms. The zero-order chi connectivity index (χ0) is 23.4. The molecule has 2 heterocycles. The van der Waals surface area contributed by atoms with Gasteiger partial charge < -0.3 is 0 Å². The van der Waals surface area contributed by atoms with Crippen molar-refractivity contribution in [1.82, 2.24) is 0 Å². The molecule has 2 aromatic heterocycles. The van der Waals surface area contributed by atoms with Gasteiger partial charge in [0.15, 0.2) is 0 Å². The largest absolute Gasteiger partial charge is 0.218 e. The minimum absolute atomic E-state index is 0. The fraction of sp³-hybridized carbons (Fsp3) is 0.615. The Hall–Kier alpha value is 0.677. The van der Waals surface area contributed by atoms with Gasteiger partial charge in [-0.2, -0.15) is 15.6 Å². The van der Waals surface area contributed by atoms with Crippen molar-refractivity contribution in [3.63, 3.8) is 0 Å². The average Bonchev–Trinajstić information content (AvgIpc) is 2.52. The smallest absolute Gasteiger partial charge is 0.0772 e. The van der Waals surface area contributed by atoms with E-state index in [4.69, 9.17) is 0 Å². The molecule has 0 N–H and O–H groups in total. The van der Waals surface area contributed by atoms with E-state index in [0.717, 1.165) is 0 Å². The Kier molecular flexibility index (Phi) is 14.9. The van der Waals surface area contributed by atoms with Gasteiger partial charge in [0, 0.05) is 53.6 Å². The molecule has 0 aromatic carbocycles. The third-order valence-corrected chi connectivity index (χ3v) is 14.2. The molecule has 0 nitrogen and oxygen atoms in total. The van der Waals surface area contributed by atoms with Crippen LogP contribution in [0, 0.1) is 0 Å². The van der Waals surface area contributed by atoms with Crippen LogP contribution in [0.5, 0.6) is 0 Å². The summed E-state index contributed by atoms with van der Waals surface area (Å²) in [6, 6.07) is 14.4. The molecule has 0 saturated heterocycles. The first-order valence-electron chi connectivity index (χ1n) is 11.6. The second kappa shape index (κ2) is 13.7. The number of hydrogen-bond donors (Lipinski definition) is 0. The molecule has 0 saturated carbocycles. The van der Waals surface area contributed by atoms with Crippen LogP contribution in [0.4, 0.5) is 0 Å². The van der Waals surface area contributed by atoms with Gasteiger partial charge in [0.25, 0.3) is 0 Å². The summed E-state index contributed by atoms with van der Waals surface area (Å²) in [5.41, 5.74) is 0. The summed E-state index contributed by atoms with van der Waals surface area (Å²) in [5.74, 6) is 9.52. The second-order valence-corrected chi connectivity index (χ2v) is 21.8. The maximum Gasteiger partial charge on any atom is 0.0772 e. The van der Waals surface area contributed by atoms with Gasteiger partial charge in [-0.3, -0.25) is 0 Å². The van der Waals surface area contributed by atoms with Gasteiger partial charge in [0.1, 0.15) is 0 Å². The standard InChI is InChI=1S/2C13H24BP.2Ni/c2*1-12(2,3)15(13(4,5)6)14-10-8-7-9-11-14;;/h2*7-11,15H,1-6H3;;. The van der Waals surface area contributed by atoms with Crippen molar-refractivity contribution in [2.75, 3.05) is 0 Å². The SMILES string of the molecule is CC(C)(C)[PH+]([b-]1ccccc1)C(C)(C)C.CC(C)(C)[PH+]([b-]1ccccc1)C(C)(C)C.[Ni].[Ni]. The van der Waals surface area contributed by atoms with E-state index in [1.54, 1.807) is 0 Å². The van der Waals surface area contributed by atoms with Gasteiger partial charge in [0.05, 0.1) is 12.1 Å². The fourth-order valence-electron chi connectivity index (χ4n) is 5.63. The quantitative estimate of drug-likeness (QED) is 0.255. The van der Waals surface area contributed by atoms with Crippen LogP contribution in [0.25, 0.3) is 0 Å². The van der Waals surface area contributed by atoms with Crippen molar-refractivity contribution in [1.29, 1.82) is 0 Å². The van der Waals surface area contributed by atoms with Gasteiger partial charge in [0.2, 0.25) is 0 Å². The van der Waals surface area contributed by atoms with E-state index < -0.39 is 15.6 Å². The van der Waals surface area contributed by atoms with Crippen LogP contribution < -0.4 is 0 Å². The summed E-state index contributed by atoms with van der Waals surface area (Å²) < 4.78 is 0. The zero-order valence-corrected chi connectivity index (χ0v) is 26.5. The van der Waals surface area contributed by atoms with Crippen molar-refractivity contribution in [3.05, 3.63) is 60.2 Å². The molecule has 6 heteroatoms. The maximum absolute atomic E-state index is 2.40. The Bertz CT molecular complexity index is 661. The van der Waals surface area contributed by atoms with Gasteiger partial charge in [-0.25, -0.2) is 23.8 Å². The molecule has 0 radical (unpaired) electrons. The van der Waals surface area contributed by atoms with Gasteiger partial charge in [-0.1, -0.05) is 12.1 Å². The molecule has 0 amide bonds. The van der Waals surface area contributed by atoms with E-state index in [9.17, 15) is 0 Å². The van der Waals surface area contributed by atoms with Crippen molar-refractivity contribution in [3.8, 4) is 0 Å². The van der Waals surface area contributed by atoms with Crippen molar-refractivity contribution in [2.45, 2.75) is 104 Å². The Morgan fingerprint density at radius 3 is 0.719 bits per heavy atom. The Balaban J connectivity index is 0. The van der Waals surface area contributed by atoms with Gasteiger partial charge in [-0.05, 0) is 83.1 Å². The van der Waals surface area contributed by atoms with Crippen LogP contribution in [0.2, 0.25) is 0 Å². The molecule has 0 aliphatic carbocycles. The molecule has 188 valence electrons. The third kappa shape index (κ3) is 11.4. The first-order valence-corrected chi connectivity index (χ1v) is 14.7. The van der Waals surface area contributed by atoms with Crippen LogP contribution >= 0.6 is 15.6 Å². The summed E-state index contributed by atoms with van der Waals surface area (Å²) in [7, 11) is -0.940. The maximum atomic E-state index is 2.40. The third-order valence-electron chi connectivity index (χ3n) is 5.62.